The molecular formula is C14H18ClN5S2. The van der Waals surface area contributed by atoms with E-state index in [9.17, 15) is 0 Å². The first-order valence-corrected chi connectivity index (χ1v) is 9.60. The van der Waals surface area contributed by atoms with Crippen LogP contribution in [0, 0.1) is 5.41 Å². The fraction of sp³-hybridized carbons (Fsp3) is 0.643. The number of halogens is 1. The molecule has 2 fully saturated rings. The maximum atomic E-state index is 6.21. The van der Waals surface area contributed by atoms with Crippen molar-refractivity contribution >= 4 is 34.5 Å². The third-order valence-corrected chi connectivity index (χ3v) is 6.62. The average Bonchev–Trinajstić information content (AvgIpc) is 2.90. The second-order valence-electron chi connectivity index (χ2n) is 6.16. The SMILES string of the molecule is Clc1snnc1CN(Cc1nccs1)C1CC12CCNCC2. The zero-order valence-electron chi connectivity index (χ0n) is 12.2. The Morgan fingerprint density at radius 1 is 1.36 bits per heavy atom. The highest BCUT2D eigenvalue weighted by Crippen LogP contribution is 2.56. The maximum absolute atomic E-state index is 6.21. The fourth-order valence-electron chi connectivity index (χ4n) is 3.57. The molecule has 2 aromatic rings. The van der Waals surface area contributed by atoms with E-state index >= 15 is 0 Å². The molecule has 1 saturated carbocycles. The number of nitrogens with zero attached hydrogens (tertiary/aromatic N) is 4. The van der Waals surface area contributed by atoms with E-state index in [0.29, 0.717) is 15.8 Å². The van der Waals surface area contributed by atoms with Crippen LogP contribution in [0.15, 0.2) is 11.6 Å². The average molecular weight is 356 g/mol. The van der Waals surface area contributed by atoms with Gasteiger partial charge in [-0.2, -0.15) is 0 Å². The molecule has 1 atom stereocenters. The number of hydrogen-bond acceptors (Lipinski definition) is 7. The van der Waals surface area contributed by atoms with Gasteiger partial charge in [0.1, 0.15) is 15.0 Å². The summed E-state index contributed by atoms with van der Waals surface area (Å²) in [6, 6.07) is 0.622. The van der Waals surface area contributed by atoms with E-state index in [1.54, 1.807) is 11.3 Å². The molecule has 2 aliphatic rings. The number of hydrogen-bond donors (Lipinski definition) is 1. The normalized spacial score (nSPS) is 23.3. The summed E-state index contributed by atoms with van der Waals surface area (Å²) in [6.45, 7) is 3.93. The molecule has 8 heteroatoms. The number of piperidine rings is 1. The van der Waals surface area contributed by atoms with Crippen LogP contribution in [-0.4, -0.2) is 38.6 Å². The topological polar surface area (TPSA) is 53.9 Å². The van der Waals surface area contributed by atoms with Gasteiger partial charge in [0, 0.05) is 35.7 Å². The van der Waals surface area contributed by atoms with Gasteiger partial charge in [-0.15, -0.1) is 16.4 Å². The van der Waals surface area contributed by atoms with E-state index in [0.717, 1.165) is 36.9 Å². The Morgan fingerprint density at radius 2 is 2.23 bits per heavy atom. The maximum Gasteiger partial charge on any atom is 0.138 e. The lowest BCUT2D eigenvalue weighted by Gasteiger charge is -2.28. The van der Waals surface area contributed by atoms with E-state index in [-0.39, 0.29) is 0 Å². The number of aromatic nitrogens is 3. The second kappa shape index (κ2) is 6.13. The highest BCUT2D eigenvalue weighted by molar-refractivity contribution is 7.10. The molecule has 22 heavy (non-hydrogen) atoms. The van der Waals surface area contributed by atoms with Crippen molar-refractivity contribution in [3.05, 3.63) is 26.6 Å². The van der Waals surface area contributed by atoms with Crippen molar-refractivity contribution < 1.29 is 0 Å². The van der Waals surface area contributed by atoms with Crippen LogP contribution in [0.5, 0.6) is 0 Å². The van der Waals surface area contributed by atoms with Crippen molar-refractivity contribution in [3.63, 3.8) is 0 Å². The highest BCUT2D eigenvalue weighted by Gasteiger charge is 2.56. The molecule has 5 nitrogen and oxygen atoms in total. The molecule has 0 bridgehead atoms. The first kappa shape index (κ1) is 15.0. The van der Waals surface area contributed by atoms with Gasteiger partial charge in [-0.1, -0.05) is 16.1 Å². The van der Waals surface area contributed by atoms with Crippen molar-refractivity contribution in [2.24, 2.45) is 5.41 Å². The van der Waals surface area contributed by atoms with Crippen molar-refractivity contribution in [2.45, 2.75) is 38.4 Å². The van der Waals surface area contributed by atoms with Gasteiger partial charge in [-0.25, -0.2) is 4.98 Å². The molecule has 3 heterocycles. The zero-order valence-corrected chi connectivity index (χ0v) is 14.6. The van der Waals surface area contributed by atoms with Crippen LogP contribution < -0.4 is 5.32 Å². The Labute approximate surface area is 142 Å². The Morgan fingerprint density at radius 3 is 2.91 bits per heavy atom. The summed E-state index contributed by atoms with van der Waals surface area (Å²) >= 11 is 9.20. The summed E-state index contributed by atoms with van der Waals surface area (Å²) in [5, 5.41) is 10.9. The summed E-state index contributed by atoms with van der Waals surface area (Å²) < 4.78 is 4.68. The standard InChI is InChI=1S/C14H18ClN5S2/c15-13-10(18-19-22-13)8-20(9-12-17-5-6-21-12)11-7-14(11)1-3-16-4-2-14/h5-6,11,16H,1-4,7-9H2. The van der Waals surface area contributed by atoms with E-state index < -0.39 is 0 Å². The van der Waals surface area contributed by atoms with Gasteiger partial charge < -0.3 is 5.32 Å². The molecule has 0 amide bonds. The van der Waals surface area contributed by atoms with Gasteiger partial charge in [-0.05, 0) is 37.8 Å². The molecule has 0 aromatic carbocycles. The Balaban J connectivity index is 1.52. The number of thiazole rings is 1. The quantitative estimate of drug-likeness (QED) is 0.893. The highest BCUT2D eigenvalue weighted by atomic mass is 35.5. The monoisotopic (exact) mass is 355 g/mol. The van der Waals surface area contributed by atoms with Crippen molar-refractivity contribution in [1.29, 1.82) is 0 Å². The molecule has 1 saturated heterocycles. The van der Waals surface area contributed by atoms with Crippen LogP contribution >= 0.6 is 34.5 Å². The van der Waals surface area contributed by atoms with E-state index in [1.807, 2.05) is 11.6 Å². The predicted octanol–water partition coefficient (Wildman–Crippen LogP) is 2.79. The molecule has 1 aliphatic heterocycles. The molecule has 1 spiro atoms. The first-order chi connectivity index (χ1) is 10.8. The van der Waals surface area contributed by atoms with Crippen molar-refractivity contribution in [3.8, 4) is 0 Å². The number of nitrogens with one attached hydrogen (secondary N) is 1. The minimum Gasteiger partial charge on any atom is -0.317 e. The van der Waals surface area contributed by atoms with Crippen LogP contribution in [-0.2, 0) is 13.1 Å². The van der Waals surface area contributed by atoms with Gasteiger partial charge in [0.15, 0.2) is 0 Å². The fourth-order valence-corrected chi connectivity index (χ4v) is 4.82. The summed E-state index contributed by atoms with van der Waals surface area (Å²) in [4.78, 5) is 6.96. The minimum atomic E-state index is 0.498. The van der Waals surface area contributed by atoms with E-state index in [4.69, 9.17) is 11.6 Å². The summed E-state index contributed by atoms with van der Waals surface area (Å²) in [5.74, 6) is 0. The van der Waals surface area contributed by atoms with Crippen LogP contribution in [0.2, 0.25) is 4.34 Å². The largest absolute Gasteiger partial charge is 0.317 e. The third kappa shape index (κ3) is 2.92. The summed E-state index contributed by atoms with van der Waals surface area (Å²) in [6.07, 6.45) is 5.71. The van der Waals surface area contributed by atoms with Gasteiger partial charge in [0.25, 0.3) is 0 Å². The summed E-state index contributed by atoms with van der Waals surface area (Å²) in [5.41, 5.74) is 1.40. The van der Waals surface area contributed by atoms with Gasteiger partial charge in [0.2, 0.25) is 0 Å². The zero-order chi connectivity index (χ0) is 15.0. The Bertz CT molecular complexity index is 623. The molecule has 2 aromatic heterocycles. The van der Waals surface area contributed by atoms with Crippen LogP contribution in [0.4, 0.5) is 0 Å². The first-order valence-electron chi connectivity index (χ1n) is 7.57. The smallest absolute Gasteiger partial charge is 0.138 e. The number of rotatable bonds is 5. The second-order valence-corrected chi connectivity index (χ2v) is 8.49. The summed E-state index contributed by atoms with van der Waals surface area (Å²) in [7, 11) is 0. The van der Waals surface area contributed by atoms with Gasteiger partial charge >= 0.3 is 0 Å². The molecule has 1 unspecified atom stereocenters. The van der Waals surface area contributed by atoms with Crippen molar-refractivity contribution in [1.82, 2.24) is 24.8 Å². The Kier molecular flexibility index (Phi) is 4.17. The molecule has 118 valence electrons. The Hall–Kier alpha value is -0.600. The third-order valence-electron chi connectivity index (χ3n) is 4.87. The molecule has 0 radical (unpaired) electrons. The molecule has 4 rings (SSSR count). The van der Waals surface area contributed by atoms with Gasteiger partial charge in [0.05, 0.1) is 6.54 Å². The van der Waals surface area contributed by atoms with E-state index in [1.165, 1.54) is 30.8 Å². The molecular weight excluding hydrogens is 338 g/mol. The van der Waals surface area contributed by atoms with Crippen LogP contribution in [0.1, 0.15) is 30.0 Å². The molecule has 1 N–H and O–H groups in total. The van der Waals surface area contributed by atoms with Gasteiger partial charge in [-0.3, -0.25) is 4.90 Å². The lowest BCUT2D eigenvalue weighted by Crippen LogP contribution is -2.35. The predicted molar refractivity (Wildman–Crippen MR) is 89.2 cm³/mol. The molecule has 1 aliphatic carbocycles. The lowest BCUT2D eigenvalue weighted by atomic mass is 9.93. The van der Waals surface area contributed by atoms with E-state index in [2.05, 4.69) is 24.8 Å². The van der Waals surface area contributed by atoms with Crippen LogP contribution in [0.25, 0.3) is 0 Å². The van der Waals surface area contributed by atoms with Crippen molar-refractivity contribution in [2.75, 3.05) is 13.1 Å². The van der Waals surface area contributed by atoms with Crippen LogP contribution in [0.3, 0.4) is 0 Å². The minimum absolute atomic E-state index is 0.498. The lowest BCUT2D eigenvalue weighted by molar-refractivity contribution is 0.186.